The molecule has 0 unspecified atom stereocenters. The summed E-state index contributed by atoms with van der Waals surface area (Å²) in [5, 5.41) is 7.71. The fourth-order valence-electron chi connectivity index (χ4n) is 2.65. The van der Waals surface area contributed by atoms with Crippen LogP contribution in [0.2, 0.25) is 0 Å². The van der Waals surface area contributed by atoms with E-state index in [-0.39, 0.29) is 29.8 Å². The number of nitrogens with one attached hydrogen (secondary N) is 3. The van der Waals surface area contributed by atoms with Crippen molar-refractivity contribution >= 4 is 40.8 Å². The predicted molar refractivity (Wildman–Crippen MR) is 117 cm³/mol. The van der Waals surface area contributed by atoms with E-state index in [1.807, 2.05) is 25.1 Å². The first-order valence-electron chi connectivity index (χ1n) is 8.49. The van der Waals surface area contributed by atoms with Crippen LogP contribution in [-0.4, -0.2) is 17.5 Å². The molecule has 1 aromatic heterocycles. The molecule has 0 bridgehead atoms. The maximum Gasteiger partial charge on any atom is 0.191 e. The number of fused-ring (bicyclic) bond motifs is 1. The first kappa shape index (κ1) is 20.2. The SMILES string of the molecule is CCNC(=NCc1ccc(C)c(F)c1)NCc1cc2ccccc2[nH]1.I. The molecule has 4 nitrogen and oxygen atoms in total. The van der Waals surface area contributed by atoms with Crippen molar-refractivity contribution in [1.82, 2.24) is 15.6 Å². The molecule has 0 amide bonds. The molecule has 26 heavy (non-hydrogen) atoms. The minimum absolute atomic E-state index is 0. The summed E-state index contributed by atoms with van der Waals surface area (Å²) in [4.78, 5) is 7.92. The van der Waals surface area contributed by atoms with E-state index in [0.717, 1.165) is 23.3 Å². The largest absolute Gasteiger partial charge is 0.357 e. The highest BCUT2D eigenvalue weighted by Gasteiger charge is 2.03. The van der Waals surface area contributed by atoms with E-state index >= 15 is 0 Å². The molecule has 0 atom stereocenters. The number of hydrogen-bond acceptors (Lipinski definition) is 1. The number of benzene rings is 2. The second-order valence-corrected chi connectivity index (χ2v) is 6.01. The topological polar surface area (TPSA) is 52.2 Å². The van der Waals surface area contributed by atoms with Crippen LogP contribution in [-0.2, 0) is 13.1 Å². The summed E-state index contributed by atoms with van der Waals surface area (Å²) in [5.41, 5.74) is 3.71. The van der Waals surface area contributed by atoms with Gasteiger partial charge in [-0.3, -0.25) is 0 Å². The Balaban J connectivity index is 0.00000243. The van der Waals surface area contributed by atoms with E-state index < -0.39 is 0 Å². The molecule has 0 spiro atoms. The first-order chi connectivity index (χ1) is 12.2. The molecular formula is C20H24FIN4. The van der Waals surface area contributed by atoms with Gasteiger partial charge in [-0.05, 0) is 48.6 Å². The minimum Gasteiger partial charge on any atom is -0.357 e. The molecule has 0 saturated heterocycles. The van der Waals surface area contributed by atoms with Crippen molar-refractivity contribution in [2.45, 2.75) is 26.9 Å². The van der Waals surface area contributed by atoms with Crippen LogP contribution in [0.25, 0.3) is 10.9 Å². The number of aryl methyl sites for hydroxylation is 1. The van der Waals surface area contributed by atoms with Crippen molar-refractivity contribution < 1.29 is 4.39 Å². The number of aliphatic imine (C=N–C) groups is 1. The molecule has 0 radical (unpaired) electrons. The number of rotatable bonds is 5. The van der Waals surface area contributed by atoms with E-state index in [0.29, 0.717) is 24.6 Å². The first-order valence-corrected chi connectivity index (χ1v) is 8.49. The van der Waals surface area contributed by atoms with E-state index in [1.165, 1.54) is 5.39 Å². The molecule has 138 valence electrons. The fraction of sp³-hybridized carbons (Fsp3) is 0.250. The molecule has 3 rings (SSSR count). The summed E-state index contributed by atoms with van der Waals surface area (Å²) >= 11 is 0. The van der Waals surface area contributed by atoms with Gasteiger partial charge in [0, 0.05) is 17.8 Å². The second-order valence-electron chi connectivity index (χ2n) is 6.01. The van der Waals surface area contributed by atoms with Gasteiger partial charge in [0.05, 0.1) is 13.1 Å². The number of hydrogen-bond donors (Lipinski definition) is 3. The molecule has 1 heterocycles. The summed E-state index contributed by atoms with van der Waals surface area (Å²) in [5.74, 6) is 0.519. The zero-order valence-corrected chi connectivity index (χ0v) is 17.3. The standard InChI is InChI=1S/C20H23FN4.HI/c1-3-22-20(23-12-15-9-8-14(2)18(21)10-15)24-13-17-11-16-6-4-5-7-19(16)25-17;/h4-11,25H,3,12-13H2,1-2H3,(H2,22,23,24);1H. The van der Waals surface area contributed by atoms with Gasteiger partial charge in [-0.2, -0.15) is 0 Å². The fourth-order valence-corrected chi connectivity index (χ4v) is 2.65. The molecular weight excluding hydrogens is 442 g/mol. The predicted octanol–water partition coefficient (Wildman–Crippen LogP) is 4.49. The third-order valence-electron chi connectivity index (χ3n) is 4.03. The van der Waals surface area contributed by atoms with Gasteiger partial charge in [0.2, 0.25) is 0 Å². The van der Waals surface area contributed by atoms with Gasteiger partial charge in [-0.15, -0.1) is 24.0 Å². The van der Waals surface area contributed by atoms with Crippen molar-refractivity contribution in [2.75, 3.05) is 6.54 Å². The number of aromatic amines is 1. The van der Waals surface area contributed by atoms with Gasteiger partial charge in [0.1, 0.15) is 5.82 Å². The summed E-state index contributed by atoms with van der Waals surface area (Å²) in [6.45, 7) is 5.61. The van der Waals surface area contributed by atoms with Crippen molar-refractivity contribution in [2.24, 2.45) is 4.99 Å². The minimum atomic E-state index is -0.191. The Morgan fingerprint density at radius 2 is 1.92 bits per heavy atom. The van der Waals surface area contributed by atoms with Gasteiger partial charge in [0.25, 0.3) is 0 Å². The number of halogens is 2. The summed E-state index contributed by atoms with van der Waals surface area (Å²) in [6, 6.07) is 15.5. The Morgan fingerprint density at radius 1 is 1.12 bits per heavy atom. The zero-order chi connectivity index (χ0) is 17.6. The molecule has 0 fully saturated rings. The molecule has 6 heteroatoms. The quantitative estimate of drug-likeness (QED) is 0.295. The van der Waals surface area contributed by atoms with Gasteiger partial charge < -0.3 is 15.6 Å². The van der Waals surface area contributed by atoms with Crippen LogP contribution in [0.15, 0.2) is 53.5 Å². The number of guanidine groups is 1. The molecule has 0 aliphatic heterocycles. The van der Waals surface area contributed by atoms with E-state index in [4.69, 9.17) is 0 Å². The van der Waals surface area contributed by atoms with Crippen LogP contribution < -0.4 is 10.6 Å². The van der Waals surface area contributed by atoms with Gasteiger partial charge in [-0.1, -0.05) is 30.3 Å². The summed E-state index contributed by atoms with van der Waals surface area (Å²) in [7, 11) is 0. The van der Waals surface area contributed by atoms with Gasteiger partial charge >= 0.3 is 0 Å². The lowest BCUT2D eigenvalue weighted by Crippen LogP contribution is -2.36. The Morgan fingerprint density at radius 3 is 2.65 bits per heavy atom. The summed E-state index contributed by atoms with van der Waals surface area (Å²) < 4.78 is 13.6. The highest BCUT2D eigenvalue weighted by atomic mass is 127. The van der Waals surface area contributed by atoms with Crippen molar-refractivity contribution in [3.8, 4) is 0 Å². The van der Waals surface area contributed by atoms with Crippen LogP contribution in [0.4, 0.5) is 4.39 Å². The Bertz CT molecular complexity index is 855. The molecule has 0 saturated carbocycles. The summed E-state index contributed by atoms with van der Waals surface area (Å²) in [6.07, 6.45) is 0. The lowest BCUT2D eigenvalue weighted by atomic mass is 10.1. The van der Waals surface area contributed by atoms with E-state index in [2.05, 4.69) is 38.8 Å². The lowest BCUT2D eigenvalue weighted by molar-refractivity contribution is 0.616. The molecule has 0 aliphatic carbocycles. The Hall–Kier alpha value is -2.09. The number of nitrogens with zero attached hydrogens (tertiary/aromatic N) is 1. The van der Waals surface area contributed by atoms with Crippen molar-refractivity contribution in [1.29, 1.82) is 0 Å². The highest BCUT2D eigenvalue weighted by molar-refractivity contribution is 14.0. The average Bonchev–Trinajstić information content (AvgIpc) is 3.03. The van der Waals surface area contributed by atoms with Crippen LogP contribution in [0, 0.1) is 12.7 Å². The zero-order valence-electron chi connectivity index (χ0n) is 15.0. The van der Waals surface area contributed by atoms with Gasteiger partial charge in [0.15, 0.2) is 5.96 Å². The van der Waals surface area contributed by atoms with E-state index in [9.17, 15) is 4.39 Å². The third-order valence-corrected chi connectivity index (χ3v) is 4.03. The van der Waals surface area contributed by atoms with Gasteiger partial charge in [-0.25, -0.2) is 9.38 Å². The maximum atomic E-state index is 13.6. The normalized spacial score (nSPS) is 11.3. The maximum absolute atomic E-state index is 13.6. The highest BCUT2D eigenvalue weighted by Crippen LogP contribution is 2.14. The van der Waals surface area contributed by atoms with Crippen LogP contribution >= 0.6 is 24.0 Å². The van der Waals surface area contributed by atoms with Crippen LogP contribution in [0.3, 0.4) is 0 Å². The van der Waals surface area contributed by atoms with Crippen molar-refractivity contribution in [3.63, 3.8) is 0 Å². The lowest BCUT2D eigenvalue weighted by Gasteiger charge is -2.10. The number of aromatic nitrogens is 1. The second kappa shape index (κ2) is 9.56. The van der Waals surface area contributed by atoms with Crippen LogP contribution in [0.1, 0.15) is 23.7 Å². The number of para-hydroxylation sites is 1. The smallest absolute Gasteiger partial charge is 0.191 e. The average molecular weight is 466 g/mol. The molecule has 0 aliphatic rings. The van der Waals surface area contributed by atoms with Crippen LogP contribution in [0.5, 0.6) is 0 Å². The Kier molecular flexibility index (Phi) is 7.44. The van der Waals surface area contributed by atoms with E-state index in [1.54, 1.807) is 19.1 Å². The Labute approximate surface area is 170 Å². The third kappa shape index (κ3) is 5.20. The van der Waals surface area contributed by atoms with Crippen molar-refractivity contribution in [3.05, 3.63) is 71.2 Å². The number of H-pyrrole nitrogens is 1. The molecule has 3 aromatic rings. The molecule has 2 aromatic carbocycles. The molecule has 3 N–H and O–H groups in total. The monoisotopic (exact) mass is 466 g/mol.